The van der Waals surface area contributed by atoms with Gasteiger partial charge < -0.3 is 9.47 Å². The van der Waals surface area contributed by atoms with Crippen LogP contribution in [0.25, 0.3) is 17.4 Å². The number of rotatable bonds is 5. The first-order chi connectivity index (χ1) is 11.6. The van der Waals surface area contributed by atoms with Gasteiger partial charge in [0.15, 0.2) is 16.7 Å². The van der Waals surface area contributed by atoms with Crippen LogP contribution in [0.2, 0.25) is 0 Å². The Bertz CT molecular complexity index is 828. The lowest BCUT2D eigenvalue weighted by Gasteiger charge is -2.22. The second-order valence-corrected chi connectivity index (χ2v) is 5.24. The molecule has 1 aliphatic rings. The first-order valence-corrected chi connectivity index (χ1v) is 7.60. The topological polar surface area (TPSA) is 104 Å². The van der Waals surface area contributed by atoms with Crippen molar-refractivity contribution in [3.05, 3.63) is 18.2 Å². The molecule has 2 aromatic rings. The number of fused-ring (bicyclic) bond motifs is 1. The fraction of sp³-hybridized carbons (Fsp3) is 0.400. The molecule has 1 unspecified atom stereocenters. The Hall–Kier alpha value is -2.97. The van der Waals surface area contributed by atoms with Crippen LogP contribution in [0.3, 0.4) is 0 Å². The van der Waals surface area contributed by atoms with Crippen LogP contribution in [0.5, 0.6) is 5.88 Å². The van der Waals surface area contributed by atoms with E-state index < -0.39 is 11.5 Å². The van der Waals surface area contributed by atoms with Crippen molar-refractivity contribution in [2.24, 2.45) is 5.10 Å². The summed E-state index contributed by atoms with van der Waals surface area (Å²) in [6.45, 7) is 6.12. The maximum Gasteiger partial charge on any atom is 0.337 e. The van der Waals surface area contributed by atoms with Gasteiger partial charge in [-0.3, -0.25) is 9.99 Å². The molecular weight excluding hydrogens is 312 g/mol. The highest BCUT2D eigenvalue weighted by atomic mass is 16.5. The first kappa shape index (κ1) is 15.9. The Morgan fingerprint density at radius 2 is 2.17 bits per heavy atom. The maximum absolute atomic E-state index is 12.2. The third-order valence-corrected chi connectivity index (χ3v) is 3.64. The van der Waals surface area contributed by atoms with Crippen LogP contribution < -0.4 is 10.2 Å². The van der Waals surface area contributed by atoms with Crippen molar-refractivity contribution in [3.63, 3.8) is 0 Å². The molecule has 0 spiro atoms. The first-order valence-electron chi connectivity index (χ1n) is 7.60. The van der Waals surface area contributed by atoms with Crippen LogP contribution in [-0.4, -0.2) is 50.5 Å². The Labute approximate surface area is 138 Å². The minimum atomic E-state index is -1.05. The summed E-state index contributed by atoms with van der Waals surface area (Å²) in [5.41, 5.74) is 3.51. The van der Waals surface area contributed by atoms with Crippen LogP contribution >= 0.6 is 0 Å². The van der Waals surface area contributed by atoms with E-state index in [4.69, 9.17) is 9.47 Å². The van der Waals surface area contributed by atoms with Crippen LogP contribution in [0.4, 0.5) is 0 Å². The molecule has 126 valence electrons. The van der Waals surface area contributed by atoms with E-state index in [1.54, 1.807) is 37.2 Å². The third-order valence-electron chi connectivity index (χ3n) is 3.64. The number of ether oxygens (including phenoxy) is 2. The number of hydrogen-bond acceptors (Lipinski definition) is 8. The lowest BCUT2D eigenvalue weighted by atomic mass is 9.95. The predicted molar refractivity (Wildman–Crippen MR) is 87.4 cm³/mol. The minimum Gasteiger partial charge on any atom is -0.476 e. The minimum absolute atomic E-state index is 0.294. The van der Waals surface area contributed by atoms with E-state index in [9.17, 15) is 4.79 Å². The van der Waals surface area contributed by atoms with Crippen molar-refractivity contribution in [2.75, 3.05) is 13.2 Å². The number of hydrogen-bond donors (Lipinski definition) is 1. The molecule has 0 bridgehead atoms. The zero-order chi connectivity index (χ0) is 17.2. The third kappa shape index (κ3) is 2.57. The Morgan fingerprint density at radius 1 is 1.33 bits per heavy atom. The summed E-state index contributed by atoms with van der Waals surface area (Å²) in [6.07, 6.45) is 6.31. The molecule has 1 atom stereocenters. The summed E-state index contributed by atoms with van der Waals surface area (Å²) in [7, 11) is 0. The van der Waals surface area contributed by atoms with Crippen molar-refractivity contribution in [1.82, 2.24) is 24.9 Å². The summed E-state index contributed by atoms with van der Waals surface area (Å²) in [5, 5.41) is 3.99. The number of nitrogens with zero attached hydrogens (tertiary/aromatic N) is 5. The summed E-state index contributed by atoms with van der Waals surface area (Å²) in [4.78, 5) is 24.8. The van der Waals surface area contributed by atoms with Gasteiger partial charge in [-0.2, -0.15) is 10.1 Å². The van der Waals surface area contributed by atoms with Crippen molar-refractivity contribution in [3.8, 4) is 5.88 Å². The molecule has 0 aliphatic carbocycles. The van der Waals surface area contributed by atoms with Crippen molar-refractivity contribution >= 4 is 29.5 Å². The fourth-order valence-corrected chi connectivity index (χ4v) is 2.34. The van der Waals surface area contributed by atoms with Gasteiger partial charge in [-0.1, -0.05) is 0 Å². The molecule has 9 heteroatoms. The monoisotopic (exact) mass is 330 g/mol. The van der Waals surface area contributed by atoms with Gasteiger partial charge in [0.1, 0.15) is 12.7 Å². The number of esters is 1. The quantitative estimate of drug-likeness (QED) is 0.815. The molecule has 0 saturated heterocycles. The van der Waals surface area contributed by atoms with Crippen molar-refractivity contribution in [1.29, 1.82) is 0 Å². The number of hydrazone groups is 1. The molecule has 0 amide bonds. The van der Waals surface area contributed by atoms with E-state index in [1.165, 1.54) is 6.33 Å². The lowest BCUT2D eigenvalue weighted by molar-refractivity contribution is -0.148. The standard InChI is InChI=1S/C15H18N6O3/c1-4-23-13-11-12(16-8-17-13)21(9-18-11)7-10-6-19-20-15(10,3)14(22)24-5-2/h6-9,20H,4-5H2,1-3H3/b10-7+. The fourth-order valence-electron chi connectivity index (χ4n) is 2.34. The normalized spacial score (nSPS) is 21.2. The van der Waals surface area contributed by atoms with E-state index in [0.29, 0.717) is 35.8 Å². The molecular formula is C15H18N6O3. The Morgan fingerprint density at radius 3 is 2.92 bits per heavy atom. The number of carbonyl (C=O) groups is 1. The predicted octanol–water partition coefficient (Wildman–Crippen LogP) is 0.977. The van der Waals surface area contributed by atoms with Crippen molar-refractivity contribution < 1.29 is 14.3 Å². The van der Waals surface area contributed by atoms with Gasteiger partial charge in [0.2, 0.25) is 5.88 Å². The molecule has 1 N–H and O–H groups in total. The van der Waals surface area contributed by atoms with E-state index in [2.05, 4.69) is 25.5 Å². The highest BCUT2D eigenvalue weighted by Crippen LogP contribution is 2.25. The zero-order valence-electron chi connectivity index (χ0n) is 13.7. The lowest BCUT2D eigenvalue weighted by Crippen LogP contribution is -2.46. The highest BCUT2D eigenvalue weighted by molar-refractivity contribution is 6.00. The van der Waals surface area contributed by atoms with E-state index in [0.717, 1.165) is 0 Å². The van der Waals surface area contributed by atoms with Crippen LogP contribution in [0.15, 0.2) is 23.3 Å². The van der Waals surface area contributed by atoms with Gasteiger partial charge in [0.25, 0.3) is 0 Å². The maximum atomic E-state index is 12.2. The molecule has 3 heterocycles. The number of carbonyl (C=O) groups excluding carboxylic acids is 1. The zero-order valence-corrected chi connectivity index (χ0v) is 13.7. The molecule has 0 aromatic carbocycles. The summed E-state index contributed by atoms with van der Waals surface area (Å²) >= 11 is 0. The summed E-state index contributed by atoms with van der Waals surface area (Å²) < 4.78 is 12.3. The van der Waals surface area contributed by atoms with Gasteiger partial charge >= 0.3 is 5.97 Å². The second kappa shape index (κ2) is 6.26. The molecule has 0 fully saturated rings. The highest BCUT2D eigenvalue weighted by Gasteiger charge is 2.41. The average Bonchev–Trinajstić information content (AvgIpc) is 3.15. The number of nitrogens with one attached hydrogen (secondary N) is 1. The molecule has 1 aliphatic heterocycles. The largest absolute Gasteiger partial charge is 0.476 e. The van der Waals surface area contributed by atoms with Crippen LogP contribution in [0.1, 0.15) is 20.8 Å². The summed E-state index contributed by atoms with van der Waals surface area (Å²) in [6, 6.07) is 0. The van der Waals surface area contributed by atoms with Gasteiger partial charge in [-0.05, 0) is 20.8 Å². The Balaban J connectivity index is 2.02. The van der Waals surface area contributed by atoms with Gasteiger partial charge in [-0.15, -0.1) is 0 Å². The van der Waals surface area contributed by atoms with Crippen LogP contribution in [0, 0.1) is 0 Å². The van der Waals surface area contributed by atoms with E-state index >= 15 is 0 Å². The molecule has 24 heavy (non-hydrogen) atoms. The SMILES string of the molecule is CCOC(=O)C1(C)NN=C/C1=C\n1cnc2c(OCC)ncnc21. The smallest absolute Gasteiger partial charge is 0.337 e. The molecule has 3 rings (SSSR count). The van der Waals surface area contributed by atoms with Crippen molar-refractivity contribution in [2.45, 2.75) is 26.3 Å². The molecule has 0 radical (unpaired) electrons. The van der Waals surface area contributed by atoms with Gasteiger partial charge in [0.05, 0.1) is 19.4 Å². The van der Waals surface area contributed by atoms with Gasteiger partial charge in [-0.25, -0.2) is 14.8 Å². The molecule has 2 aromatic heterocycles. The Kier molecular flexibility index (Phi) is 4.15. The van der Waals surface area contributed by atoms with E-state index in [1.807, 2.05) is 6.92 Å². The van der Waals surface area contributed by atoms with E-state index in [-0.39, 0.29) is 0 Å². The average molecular weight is 330 g/mol. The van der Waals surface area contributed by atoms with Gasteiger partial charge in [0, 0.05) is 11.8 Å². The second-order valence-electron chi connectivity index (χ2n) is 5.24. The number of imidazole rings is 1. The summed E-state index contributed by atoms with van der Waals surface area (Å²) in [5.74, 6) is 0.0221. The molecule has 9 nitrogen and oxygen atoms in total. The van der Waals surface area contributed by atoms with Crippen LogP contribution in [-0.2, 0) is 9.53 Å². The number of aromatic nitrogens is 4. The molecule has 0 saturated carbocycles.